The lowest BCUT2D eigenvalue weighted by molar-refractivity contribution is -0.115. The van der Waals surface area contributed by atoms with E-state index in [4.69, 9.17) is 4.74 Å². The van der Waals surface area contributed by atoms with Crippen LogP contribution in [0.5, 0.6) is 5.75 Å². The van der Waals surface area contributed by atoms with Gasteiger partial charge in [-0.15, -0.1) is 0 Å². The van der Waals surface area contributed by atoms with Crippen LogP contribution >= 0.6 is 0 Å². The quantitative estimate of drug-likeness (QED) is 0.596. The van der Waals surface area contributed by atoms with Crippen LogP contribution in [0.25, 0.3) is 10.8 Å². The number of hydrogen-bond acceptors (Lipinski definition) is 4. The number of carbonyl (C=O) groups is 2. The molecule has 0 radical (unpaired) electrons. The highest BCUT2D eigenvalue weighted by Crippen LogP contribution is 2.35. The first-order valence-electron chi connectivity index (χ1n) is 9.58. The summed E-state index contributed by atoms with van der Waals surface area (Å²) in [6, 6.07) is 15.6. The van der Waals surface area contributed by atoms with Crippen molar-refractivity contribution in [2.75, 3.05) is 29.6 Å². The third kappa shape index (κ3) is 3.87. The average Bonchev–Trinajstić information content (AvgIpc) is 3.12. The summed E-state index contributed by atoms with van der Waals surface area (Å²) < 4.78 is 5.31. The SMILES string of the molecule is COc1ccc(NC(C)=O)cc1NC(=O)CNc1ccc2c3c(cccc13)CC2. The van der Waals surface area contributed by atoms with E-state index in [-0.39, 0.29) is 18.4 Å². The second-order valence-electron chi connectivity index (χ2n) is 7.11. The van der Waals surface area contributed by atoms with Crippen LogP contribution in [-0.2, 0) is 22.4 Å². The molecule has 6 heteroatoms. The largest absolute Gasteiger partial charge is 0.495 e. The lowest BCUT2D eigenvalue weighted by Gasteiger charge is -2.14. The minimum Gasteiger partial charge on any atom is -0.495 e. The van der Waals surface area contributed by atoms with Gasteiger partial charge in [-0.1, -0.05) is 24.3 Å². The zero-order chi connectivity index (χ0) is 20.4. The maximum atomic E-state index is 12.6. The summed E-state index contributed by atoms with van der Waals surface area (Å²) in [6.45, 7) is 1.55. The molecule has 0 aliphatic heterocycles. The Balaban J connectivity index is 1.49. The van der Waals surface area contributed by atoms with Crippen molar-refractivity contribution in [3.05, 3.63) is 59.7 Å². The number of hydrogen-bond donors (Lipinski definition) is 3. The summed E-state index contributed by atoms with van der Waals surface area (Å²) >= 11 is 0. The van der Waals surface area contributed by atoms with Crippen LogP contribution < -0.4 is 20.7 Å². The smallest absolute Gasteiger partial charge is 0.243 e. The van der Waals surface area contributed by atoms with Gasteiger partial charge in [-0.05, 0) is 53.6 Å². The molecule has 2 amide bonds. The van der Waals surface area contributed by atoms with Gasteiger partial charge in [0.2, 0.25) is 11.8 Å². The average molecular weight is 389 g/mol. The van der Waals surface area contributed by atoms with Gasteiger partial charge >= 0.3 is 0 Å². The Hall–Kier alpha value is -3.54. The second kappa shape index (κ2) is 7.83. The second-order valence-corrected chi connectivity index (χ2v) is 7.11. The van der Waals surface area contributed by atoms with Crippen molar-refractivity contribution < 1.29 is 14.3 Å². The van der Waals surface area contributed by atoms with E-state index in [0.717, 1.165) is 23.9 Å². The Morgan fingerprint density at radius 1 is 0.966 bits per heavy atom. The molecule has 3 aromatic rings. The number of rotatable bonds is 6. The van der Waals surface area contributed by atoms with Gasteiger partial charge in [0.1, 0.15) is 5.75 Å². The first-order chi connectivity index (χ1) is 14.0. The summed E-state index contributed by atoms with van der Waals surface area (Å²) in [7, 11) is 1.54. The van der Waals surface area contributed by atoms with E-state index in [1.165, 1.54) is 30.5 Å². The molecule has 3 N–H and O–H groups in total. The van der Waals surface area contributed by atoms with Crippen LogP contribution in [0.1, 0.15) is 18.1 Å². The molecule has 0 fully saturated rings. The molecular weight excluding hydrogens is 366 g/mol. The first-order valence-corrected chi connectivity index (χ1v) is 9.58. The molecule has 3 aromatic carbocycles. The molecule has 29 heavy (non-hydrogen) atoms. The lowest BCUT2D eigenvalue weighted by Crippen LogP contribution is -2.22. The maximum absolute atomic E-state index is 12.6. The number of anilines is 3. The van der Waals surface area contributed by atoms with Crippen LogP contribution in [-0.4, -0.2) is 25.5 Å². The van der Waals surface area contributed by atoms with E-state index in [1.54, 1.807) is 18.2 Å². The molecule has 0 saturated carbocycles. The number of ether oxygens (including phenoxy) is 1. The first kappa shape index (κ1) is 18.8. The van der Waals surface area contributed by atoms with Gasteiger partial charge < -0.3 is 20.7 Å². The molecule has 0 heterocycles. The number of methoxy groups -OCH3 is 1. The Morgan fingerprint density at radius 2 is 1.76 bits per heavy atom. The van der Waals surface area contributed by atoms with E-state index in [0.29, 0.717) is 17.1 Å². The van der Waals surface area contributed by atoms with Crippen molar-refractivity contribution in [2.45, 2.75) is 19.8 Å². The van der Waals surface area contributed by atoms with Gasteiger partial charge in [-0.25, -0.2) is 0 Å². The molecular formula is C23H23N3O3. The topological polar surface area (TPSA) is 79.5 Å². The van der Waals surface area contributed by atoms with Crippen molar-refractivity contribution in [2.24, 2.45) is 0 Å². The third-order valence-electron chi connectivity index (χ3n) is 5.11. The highest BCUT2D eigenvalue weighted by Gasteiger charge is 2.16. The number of nitrogens with one attached hydrogen (secondary N) is 3. The number of aryl methyl sites for hydroxylation is 2. The standard InChI is InChI=1S/C23H23N3O3/c1-14(27)25-17-9-11-21(29-2)20(12-17)26-22(28)13-24-19-10-8-16-7-6-15-4-3-5-18(19)23(15)16/h3-5,8-12,24H,6-7,13H2,1-2H3,(H,25,27)(H,26,28). The zero-order valence-electron chi connectivity index (χ0n) is 16.5. The highest BCUT2D eigenvalue weighted by atomic mass is 16.5. The Kier molecular flexibility index (Phi) is 5.08. The van der Waals surface area contributed by atoms with Gasteiger partial charge in [0.05, 0.1) is 19.3 Å². The molecule has 148 valence electrons. The van der Waals surface area contributed by atoms with Crippen molar-refractivity contribution in [3.63, 3.8) is 0 Å². The van der Waals surface area contributed by atoms with E-state index in [1.807, 2.05) is 6.07 Å². The molecule has 0 aromatic heterocycles. The summed E-state index contributed by atoms with van der Waals surface area (Å²) in [4.78, 5) is 23.8. The summed E-state index contributed by atoms with van der Waals surface area (Å²) in [5.41, 5.74) is 4.77. The molecule has 0 bridgehead atoms. The van der Waals surface area contributed by atoms with Crippen molar-refractivity contribution in [1.29, 1.82) is 0 Å². The summed E-state index contributed by atoms with van der Waals surface area (Å²) in [6.07, 6.45) is 2.14. The minimum atomic E-state index is -0.202. The zero-order valence-corrected chi connectivity index (χ0v) is 16.5. The Morgan fingerprint density at radius 3 is 2.52 bits per heavy atom. The predicted molar refractivity (Wildman–Crippen MR) is 116 cm³/mol. The van der Waals surface area contributed by atoms with Crippen LogP contribution in [0, 0.1) is 0 Å². The Bertz CT molecular complexity index is 1100. The molecule has 0 unspecified atom stereocenters. The summed E-state index contributed by atoms with van der Waals surface area (Å²) in [5, 5.41) is 11.3. The predicted octanol–water partition coefficient (Wildman–Crippen LogP) is 3.96. The third-order valence-corrected chi connectivity index (χ3v) is 5.11. The molecule has 4 rings (SSSR count). The molecule has 0 atom stereocenters. The maximum Gasteiger partial charge on any atom is 0.243 e. The number of amides is 2. The molecule has 1 aliphatic rings. The van der Waals surface area contributed by atoms with Gasteiger partial charge in [-0.3, -0.25) is 9.59 Å². The van der Waals surface area contributed by atoms with Crippen LogP contribution in [0.4, 0.5) is 17.1 Å². The molecule has 0 saturated heterocycles. The molecule has 6 nitrogen and oxygen atoms in total. The Labute approximate surface area is 169 Å². The number of carbonyl (C=O) groups excluding carboxylic acids is 2. The van der Waals surface area contributed by atoms with Crippen LogP contribution in [0.15, 0.2) is 48.5 Å². The van der Waals surface area contributed by atoms with E-state index in [2.05, 4.69) is 40.2 Å². The minimum absolute atomic E-state index is 0.117. The van der Waals surface area contributed by atoms with Gasteiger partial charge in [-0.2, -0.15) is 0 Å². The van der Waals surface area contributed by atoms with Crippen LogP contribution in [0.2, 0.25) is 0 Å². The van der Waals surface area contributed by atoms with E-state index < -0.39 is 0 Å². The molecule has 0 spiro atoms. The van der Waals surface area contributed by atoms with Crippen molar-refractivity contribution >= 4 is 39.6 Å². The highest BCUT2D eigenvalue weighted by molar-refractivity contribution is 6.02. The molecule has 1 aliphatic carbocycles. The lowest BCUT2D eigenvalue weighted by atomic mass is 10.0. The van der Waals surface area contributed by atoms with Gasteiger partial charge in [0.25, 0.3) is 0 Å². The summed E-state index contributed by atoms with van der Waals surface area (Å²) in [5.74, 6) is 0.144. The van der Waals surface area contributed by atoms with Gasteiger partial charge in [0, 0.05) is 23.7 Å². The van der Waals surface area contributed by atoms with Crippen LogP contribution in [0.3, 0.4) is 0 Å². The monoisotopic (exact) mass is 389 g/mol. The normalized spacial score (nSPS) is 11.9. The van der Waals surface area contributed by atoms with Crippen molar-refractivity contribution in [1.82, 2.24) is 0 Å². The fourth-order valence-electron chi connectivity index (χ4n) is 3.86. The van der Waals surface area contributed by atoms with Gasteiger partial charge in [0.15, 0.2) is 0 Å². The van der Waals surface area contributed by atoms with E-state index in [9.17, 15) is 9.59 Å². The van der Waals surface area contributed by atoms with E-state index >= 15 is 0 Å². The fraction of sp³-hybridized carbons (Fsp3) is 0.217. The number of benzene rings is 3. The fourth-order valence-corrected chi connectivity index (χ4v) is 3.86. The van der Waals surface area contributed by atoms with Crippen molar-refractivity contribution in [3.8, 4) is 5.75 Å².